The molecule has 0 amide bonds. The van der Waals surface area contributed by atoms with Crippen LogP contribution in [0.4, 0.5) is 4.39 Å². The van der Waals surface area contributed by atoms with Crippen molar-refractivity contribution in [2.24, 2.45) is 0 Å². The van der Waals surface area contributed by atoms with E-state index in [4.69, 9.17) is 71.3 Å². The summed E-state index contributed by atoms with van der Waals surface area (Å²) in [7, 11) is 0. The minimum atomic E-state index is -0.961. The number of halogens is 3. The molecule has 135 heavy (non-hydrogen) atoms. The lowest BCUT2D eigenvalue weighted by Crippen LogP contribution is -2.19. The van der Waals surface area contributed by atoms with Crippen LogP contribution in [0.5, 0.6) is 29.0 Å². The third-order valence-corrected chi connectivity index (χ3v) is 20.1. The van der Waals surface area contributed by atoms with Crippen molar-refractivity contribution in [3.8, 4) is 29.0 Å². The average molecular weight is 1900 g/mol. The molecule has 0 aliphatic carbocycles. The second-order valence-corrected chi connectivity index (χ2v) is 30.2. The van der Waals surface area contributed by atoms with E-state index in [0.717, 1.165) is 44.4 Å². The third kappa shape index (κ3) is 25.4. The quantitative estimate of drug-likeness (QED) is 0.0268. The molecule has 0 aliphatic heterocycles. The monoisotopic (exact) mass is 1900 g/mol. The molecule has 0 saturated carbocycles. The molecule has 0 saturated heterocycles. The molecule has 18 aromatic rings. The van der Waals surface area contributed by atoms with Crippen LogP contribution in [0.1, 0.15) is 118 Å². The molecule has 0 atom stereocenters. The number of esters is 7. The zero-order valence-corrected chi connectivity index (χ0v) is 73.9. The molecule has 0 radical (unpaired) electrons. The van der Waals surface area contributed by atoms with Crippen LogP contribution in [-0.4, -0.2) is 57.5 Å². The molecule has 10 aromatic carbocycles. The number of ketones is 1. The lowest BCUT2D eigenvalue weighted by Gasteiger charge is -2.06. The Morgan fingerprint density at radius 1 is 0.341 bits per heavy atom. The summed E-state index contributed by atoms with van der Waals surface area (Å²) >= 11 is 9.06. The lowest BCUT2D eigenvalue weighted by atomic mass is 10.1. The highest BCUT2D eigenvalue weighted by Crippen LogP contribution is 2.28. The number of alkyl halides is 1. The highest BCUT2D eigenvalue weighted by Gasteiger charge is 2.24. The predicted molar refractivity (Wildman–Crippen MR) is 497 cm³/mol. The minimum absolute atomic E-state index is 0.0295. The third-order valence-electron chi connectivity index (χ3n) is 19.3. The Kier molecular flexibility index (Phi) is 31.3. The summed E-state index contributed by atoms with van der Waals surface area (Å²) in [5.41, 5.74) is 1.41. The van der Waals surface area contributed by atoms with Gasteiger partial charge in [-0.3, -0.25) is 14.4 Å². The number of fused-ring (bicyclic) bond motifs is 7. The fraction of sp³-hybridized carbons (Fsp3) is 0.0874. The Hall–Kier alpha value is -17.3. The summed E-state index contributed by atoms with van der Waals surface area (Å²) in [6.45, 7) is 8.07. The van der Waals surface area contributed by atoms with Crippen molar-refractivity contribution in [2.75, 3.05) is 0 Å². The molecule has 29 nitrogen and oxygen atoms in total. The van der Waals surface area contributed by atoms with E-state index < -0.39 is 81.4 Å². The molecule has 676 valence electrons. The van der Waals surface area contributed by atoms with E-state index in [1.165, 1.54) is 87.6 Å². The Bertz CT molecular complexity index is 7680. The first-order chi connectivity index (χ1) is 65.0. The van der Waals surface area contributed by atoms with Crippen molar-refractivity contribution < 1.29 is 102 Å². The zero-order valence-electron chi connectivity index (χ0n) is 71.6. The van der Waals surface area contributed by atoms with Gasteiger partial charge in [0.1, 0.15) is 103 Å². The molecule has 8 aromatic heterocycles. The molecular formula is C103H71BrClFN2O27. The van der Waals surface area contributed by atoms with E-state index in [1.54, 1.807) is 164 Å². The number of aryl methyl sites for hydroxylation is 2. The number of aromatic nitrogens is 2. The summed E-state index contributed by atoms with van der Waals surface area (Å²) in [4.78, 5) is 173. The van der Waals surface area contributed by atoms with Gasteiger partial charge in [0.05, 0.1) is 0 Å². The van der Waals surface area contributed by atoms with Crippen LogP contribution in [0.3, 0.4) is 0 Å². The number of benzene rings is 10. The second kappa shape index (κ2) is 44.3. The van der Waals surface area contributed by atoms with E-state index in [-0.39, 0.29) is 75.5 Å². The van der Waals surface area contributed by atoms with E-state index in [1.807, 2.05) is 68.4 Å². The minimum Gasteiger partial charge on any atom is -0.461 e. The largest absolute Gasteiger partial charge is 0.461 e. The van der Waals surface area contributed by atoms with Crippen LogP contribution in [0.2, 0.25) is 0 Å². The van der Waals surface area contributed by atoms with Gasteiger partial charge >= 0.3 is 75.5 Å². The number of ether oxygens (including phenoxy) is 7. The van der Waals surface area contributed by atoms with E-state index in [9.17, 15) is 71.5 Å². The fourth-order valence-corrected chi connectivity index (χ4v) is 13.3. The average Bonchev–Trinajstić information content (AvgIpc) is 0.811. The molecule has 32 heteroatoms. The molecule has 0 bridgehead atoms. The van der Waals surface area contributed by atoms with Crippen molar-refractivity contribution in [3.63, 3.8) is 0 Å². The van der Waals surface area contributed by atoms with Crippen molar-refractivity contribution in [1.82, 2.24) is 9.97 Å². The molecule has 0 aliphatic rings. The van der Waals surface area contributed by atoms with Gasteiger partial charge in [-0.15, -0.1) is 11.6 Å². The number of hydrogen-bond donors (Lipinski definition) is 0. The molecule has 18 rings (SSSR count). The number of Topliss-reactive ketones (excluding diaryl/α,β-unsaturated/α-hetero) is 1. The predicted octanol–water partition coefficient (Wildman–Crippen LogP) is 19.6. The molecular weight excluding hydrogens is 1830 g/mol. The maximum absolute atomic E-state index is 13.2. The maximum atomic E-state index is 13.2. The van der Waals surface area contributed by atoms with Crippen LogP contribution < -0.4 is 57.4 Å². The number of hydrogen-bond acceptors (Lipinski definition) is 29. The van der Waals surface area contributed by atoms with Gasteiger partial charge in [0.15, 0.2) is 5.78 Å². The van der Waals surface area contributed by atoms with Crippen LogP contribution >= 0.6 is 27.5 Å². The van der Waals surface area contributed by atoms with Gasteiger partial charge in [0, 0.05) is 86.4 Å². The highest BCUT2D eigenvalue weighted by atomic mass is 79.9. The smallest absolute Gasteiger partial charge is 0.352 e. The van der Waals surface area contributed by atoms with E-state index >= 15 is 0 Å². The first-order valence-electron chi connectivity index (χ1n) is 40.6. The van der Waals surface area contributed by atoms with Crippen molar-refractivity contribution in [2.45, 2.75) is 60.1 Å². The first-order valence-corrected chi connectivity index (χ1v) is 41.9. The van der Waals surface area contributed by atoms with E-state index in [2.05, 4.69) is 25.9 Å². The zero-order chi connectivity index (χ0) is 95.9. The number of pyridine rings is 2. The standard InChI is InChI=1S/C19H13BrO6.C19H13FO6.C19H11NO4.C18H14O4.C16H10ClNO4.C12H10O3/c2*1-11(21)24-10-12-5-6-17-13(7-12)8-16(19(23)26-17)18(22)25-15-4-2-3-14(20)9-15;21-18-15(11-13-6-2-4-8-16(13)23-18)19(22)24-17-14-7-3-1-5-12(14)9-10-20-17;1-2-12-8-9-16-13(10-12)11-15(18(20)22-16)17(19)21-14-6-4-3-5-7-14;17-9-10-4-5-13-11(7-10)8-12(15(19)21-13)16(20)22-14-3-1-2-6-18-14;1-7-3-4-11-9(5-7)6-10(8(2)13)12(14)15-11/h2*2-9H,10H2,1H3;1-11H;3-11H,2H2,1H3;1-8H,9H2;3-6H,1-2H3. The Labute approximate surface area is 774 Å². The maximum Gasteiger partial charge on any atom is 0.352 e. The SMILES string of the molecule is CC(=O)OCc1ccc2oc(=O)c(C(=O)Oc3cccc(Br)c3)cc2c1.CC(=O)OCc1ccc2oc(=O)c(C(=O)Oc3cccc(F)c3)cc2c1.CC(=O)c1cc2cc(C)ccc2oc1=O.CCc1ccc2oc(=O)c(C(=O)Oc3ccccc3)cc2c1.O=C(Oc1ccccn1)c1cc2cc(CCl)ccc2oc1=O.O=C(Oc1nccc2ccccc12)c1cc2ccccc2oc1=O. The number of nitrogens with zero attached hydrogens (tertiary/aromatic N) is 2. The van der Waals surface area contributed by atoms with Gasteiger partial charge in [-0.2, -0.15) is 0 Å². The Balaban J connectivity index is 0.000000138. The van der Waals surface area contributed by atoms with Gasteiger partial charge in [0.2, 0.25) is 11.8 Å². The van der Waals surface area contributed by atoms with Gasteiger partial charge in [-0.1, -0.05) is 132 Å². The number of carbonyl (C=O) groups excluding carboxylic acids is 8. The van der Waals surface area contributed by atoms with E-state index in [0.29, 0.717) is 88.7 Å². The van der Waals surface area contributed by atoms with Gasteiger partial charge in [-0.05, 0) is 212 Å². The summed E-state index contributed by atoms with van der Waals surface area (Å²) in [5, 5.41) is 5.30. The Morgan fingerprint density at radius 2 is 0.733 bits per heavy atom. The molecule has 0 spiro atoms. The van der Waals surface area contributed by atoms with Gasteiger partial charge in [0.25, 0.3) is 0 Å². The van der Waals surface area contributed by atoms with Crippen molar-refractivity contribution in [1.29, 1.82) is 0 Å². The second-order valence-electron chi connectivity index (χ2n) is 29.0. The first kappa shape index (κ1) is 95.3. The summed E-state index contributed by atoms with van der Waals surface area (Å²) < 4.78 is 80.4. The summed E-state index contributed by atoms with van der Waals surface area (Å²) in [6.07, 6.45) is 3.89. The van der Waals surface area contributed by atoms with Crippen LogP contribution in [-0.2, 0) is 44.6 Å². The van der Waals surface area contributed by atoms with Crippen molar-refractivity contribution in [3.05, 3.63) is 425 Å². The number of para-hydroxylation sites is 2. The molecule has 0 N–H and O–H groups in total. The van der Waals surface area contributed by atoms with Crippen LogP contribution in [0, 0.1) is 12.7 Å². The van der Waals surface area contributed by atoms with Gasteiger partial charge < -0.3 is 59.7 Å². The van der Waals surface area contributed by atoms with Gasteiger partial charge in [-0.25, -0.2) is 67.1 Å². The highest BCUT2D eigenvalue weighted by molar-refractivity contribution is 9.10. The normalized spacial score (nSPS) is 10.6. The molecule has 8 heterocycles. The number of carbonyl (C=O) groups is 8. The van der Waals surface area contributed by atoms with Crippen LogP contribution in [0.15, 0.2) is 351 Å². The summed E-state index contributed by atoms with van der Waals surface area (Å²) in [6, 6.07) is 76.0. The summed E-state index contributed by atoms with van der Waals surface area (Å²) in [5.74, 6) is -4.53. The molecule has 0 fully saturated rings. The fourth-order valence-electron chi connectivity index (χ4n) is 12.7. The van der Waals surface area contributed by atoms with Crippen LogP contribution in [0.25, 0.3) is 76.6 Å². The molecule has 0 unspecified atom stereocenters. The Morgan fingerprint density at radius 3 is 1.22 bits per heavy atom. The lowest BCUT2D eigenvalue weighted by molar-refractivity contribution is -0.143. The number of rotatable bonds is 17. The topological polar surface area (TPSA) is 408 Å². The van der Waals surface area contributed by atoms with Crippen molar-refractivity contribution >= 4 is 152 Å².